The molecule has 0 aromatic heterocycles. The summed E-state index contributed by atoms with van der Waals surface area (Å²) >= 11 is 0. The number of hydrogen-bond acceptors (Lipinski definition) is 4. The topological polar surface area (TPSA) is 75.3 Å². The molecule has 2 rings (SSSR count). The summed E-state index contributed by atoms with van der Waals surface area (Å²) in [6.07, 6.45) is 4.49. The summed E-state index contributed by atoms with van der Waals surface area (Å²) in [4.78, 5) is 12.3. The normalized spacial score (nSPS) is 24.9. The molecule has 2 N–H and O–H groups in total. The van der Waals surface area contributed by atoms with Crippen LogP contribution in [0.25, 0.3) is 0 Å². The molecule has 1 aromatic rings. The van der Waals surface area contributed by atoms with E-state index in [-0.39, 0.29) is 23.4 Å². The summed E-state index contributed by atoms with van der Waals surface area (Å²) in [7, 11) is -3.19. The van der Waals surface area contributed by atoms with Crippen LogP contribution in [0.15, 0.2) is 29.2 Å². The predicted molar refractivity (Wildman–Crippen MR) is 92.2 cm³/mol. The molecule has 1 amide bonds. The van der Waals surface area contributed by atoms with Crippen LogP contribution < -0.4 is 10.6 Å². The number of sulfone groups is 1. The molecule has 5 nitrogen and oxygen atoms in total. The van der Waals surface area contributed by atoms with Crippen molar-refractivity contribution < 1.29 is 13.2 Å². The van der Waals surface area contributed by atoms with Crippen molar-refractivity contribution >= 4 is 21.4 Å². The molecular weight excluding hydrogens is 312 g/mol. The van der Waals surface area contributed by atoms with Crippen LogP contribution in [-0.4, -0.2) is 33.2 Å². The molecule has 0 bridgehead atoms. The van der Waals surface area contributed by atoms with E-state index in [1.54, 1.807) is 24.3 Å². The van der Waals surface area contributed by atoms with Crippen LogP contribution >= 0.6 is 0 Å². The number of anilines is 1. The van der Waals surface area contributed by atoms with Gasteiger partial charge in [-0.2, -0.15) is 0 Å². The average Bonchev–Trinajstić information content (AvgIpc) is 2.43. The van der Waals surface area contributed by atoms with E-state index >= 15 is 0 Å². The molecule has 0 radical (unpaired) electrons. The van der Waals surface area contributed by atoms with Crippen LogP contribution in [0.1, 0.15) is 33.1 Å². The molecule has 2 unspecified atom stereocenters. The molecule has 1 fully saturated rings. The van der Waals surface area contributed by atoms with E-state index in [1.165, 1.54) is 12.7 Å². The molecule has 0 saturated heterocycles. The van der Waals surface area contributed by atoms with Crippen LogP contribution in [0.2, 0.25) is 0 Å². The molecule has 0 heterocycles. The Morgan fingerprint density at radius 3 is 2.17 bits per heavy atom. The van der Waals surface area contributed by atoms with Gasteiger partial charge in [0.15, 0.2) is 9.84 Å². The van der Waals surface area contributed by atoms with E-state index in [1.807, 2.05) is 0 Å². The molecular formula is C17H26N2O3S. The lowest BCUT2D eigenvalue weighted by Gasteiger charge is -2.32. The van der Waals surface area contributed by atoms with E-state index in [0.29, 0.717) is 11.8 Å². The van der Waals surface area contributed by atoms with Gasteiger partial charge < -0.3 is 10.6 Å². The van der Waals surface area contributed by atoms with Gasteiger partial charge in [0.1, 0.15) is 0 Å². The van der Waals surface area contributed by atoms with E-state index in [4.69, 9.17) is 0 Å². The maximum atomic E-state index is 12.1. The number of benzene rings is 1. The minimum Gasteiger partial charge on any atom is -0.376 e. The quantitative estimate of drug-likeness (QED) is 0.865. The Labute approximate surface area is 138 Å². The van der Waals surface area contributed by atoms with Crippen LogP contribution in [0, 0.1) is 11.8 Å². The first-order valence-corrected chi connectivity index (χ1v) is 9.96. The fourth-order valence-corrected chi connectivity index (χ4v) is 3.98. The minimum absolute atomic E-state index is 0.0245. The second-order valence-electron chi connectivity index (χ2n) is 6.83. The predicted octanol–water partition coefficient (Wildman–Crippen LogP) is 2.44. The van der Waals surface area contributed by atoms with E-state index in [0.717, 1.165) is 18.5 Å². The van der Waals surface area contributed by atoms with Crippen molar-refractivity contribution in [1.82, 2.24) is 5.32 Å². The van der Waals surface area contributed by atoms with Gasteiger partial charge in [-0.05, 0) is 55.4 Å². The zero-order valence-electron chi connectivity index (χ0n) is 14.0. The van der Waals surface area contributed by atoms with Gasteiger partial charge in [0.05, 0.1) is 11.4 Å². The molecule has 1 saturated carbocycles. The fraction of sp³-hybridized carbons (Fsp3) is 0.588. The molecule has 23 heavy (non-hydrogen) atoms. The molecule has 1 aliphatic carbocycles. The van der Waals surface area contributed by atoms with Gasteiger partial charge >= 0.3 is 0 Å². The second kappa shape index (κ2) is 7.34. The highest BCUT2D eigenvalue weighted by molar-refractivity contribution is 7.90. The van der Waals surface area contributed by atoms with Crippen molar-refractivity contribution in [2.24, 2.45) is 11.8 Å². The SMILES string of the molecule is CC1CC(C)CC(NC(=O)CNc2ccc(S(C)(=O)=O)cc2)C1. The highest BCUT2D eigenvalue weighted by Crippen LogP contribution is 2.28. The standard InChI is InChI=1S/C17H26N2O3S/c1-12-8-13(2)10-15(9-12)19-17(20)11-18-14-4-6-16(7-5-14)23(3,21)22/h4-7,12-13,15,18H,8-11H2,1-3H3,(H,19,20). The Balaban J connectivity index is 1.82. The summed E-state index contributed by atoms with van der Waals surface area (Å²) in [5, 5.41) is 6.12. The number of carbonyl (C=O) groups excluding carboxylic acids is 1. The summed E-state index contributed by atoms with van der Waals surface area (Å²) in [5.41, 5.74) is 0.734. The van der Waals surface area contributed by atoms with Gasteiger partial charge in [0.2, 0.25) is 5.91 Å². The number of carbonyl (C=O) groups is 1. The smallest absolute Gasteiger partial charge is 0.239 e. The lowest BCUT2D eigenvalue weighted by atomic mass is 9.80. The van der Waals surface area contributed by atoms with Gasteiger partial charge in [-0.25, -0.2) is 8.42 Å². The molecule has 2 atom stereocenters. The number of amides is 1. The van der Waals surface area contributed by atoms with Gasteiger partial charge in [-0.1, -0.05) is 13.8 Å². The Hall–Kier alpha value is -1.56. The number of hydrogen-bond donors (Lipinski definition) is 2. The molecule has 128 valence electrons. The lowest BCUT2D eigenvalue weighted by molar-refractivity contribution is -0.120. The summed E-state index contributed by atoms with van der Waals surface area (Å²) in [6.45, 7) is 4.66. The zero-order chi connectivity index (χ0) is 17.0. The number of rotatable bonds is 5. The van der Waals surface area contributed by atoms with Crippen molar-refractivity contribution in [2.45, 2.75) is 44.0 Å². The third kappa shape index (κ3) is 5.53. The average molecular weight is 338 g/mol. The Bertz CT molecular complexity index is 630. The molecule has 1 aliphatic rings. The van der Waals surface area contributed by atoms with E-state index < -0.39 is 9.84 Å². The zero-order valence-corrected chi connectivity index (χ0v) is 14.8. The van der Waals surface area contributed by atoms with E-state index in [2.05, 4.69) is 24.5 Å². The third-order valence-corrected chi connectivity index (χ3v) is 5.41. The molecule has 1 aromatic carbocycles. The first-order chi connectivity index (χ1) is 10.7. The summed E-state index contributed by atoms with van der Waals surface area (Å²) < 4.78 is 22.8. The monoisotopic (exact) mass is 338 g/mol. The Morgan fingerprint density at radius 1 is 1.09 bits per heavy atom. The van der Waals surface area contributed by atoms with Crippen LogP contribution in [0.4, 0.5) is 5.69 Å². The highest BCUT2D eigenvalue weighted by atomic mass is 32.2. The van der Waals surface area contributed by atoms with Crippen molar-refractivity contribution in [3.8, 4) is 0 Å². The van der Waals surface area contributed by atoms with Gasteiger partial charge in [-0.3, -0.25) is 4.79 Å². The van der Waals surface area contributed by atoms with E-state index in [9.17, 15) is 13.2 Å². The fourth-order valence-electron chi connectivity index (χ4n) is 3.35. The highest BCUT2D eigenvalue weighted by Gasteiger charge is 2.24. The maximum Gasteiger partial charge on any atom is 0.239 e. The van der Waals surface area contributed by atoms with Crippen molar-refractivity contribution in [2.75, 3.05) is 18.1 Å². The van der Waals surface area contributed by atoms with Crippen LogP contribution in [-0.2, 0) is 14.6 Å². The Morgan fingerprint density at radius 2 is 1.65 bits per heavy atom. The lowest BCUT2D eigenvalue weighted by Crippen LogP contribution is -2.42. The summed E-state index contributed by atoms with van der Waals surface area (Å²) in [6, 6.07) is 6.69. The maximum absolute atomic E-state index is 12.1. The summed E-state index contributed by atoms with van der Waals surface area (Å²) in [5.74, 6) is 1.28. The van der Waals surface area contributed by atoms with Gasteiger partial charge in [-0.15, -0.1) is 0 Å². The molecule has 6 heteroatoms. The second-order valence-corrected chi connectivity index (χ2v) is 8.85. The van der Waals surface area contributed by atoms with Crippen molar-refractivity contribution in [1.29, 1.82) is 0 Å². The van der Waals surface area contributed by atoms with Crippen molar-refractivity contribution in [3.05, 3.63) is 24.3 Å². The third-order valence-electron chi connectivity index (χ3n) is 4.28. The van der Waals surface area contributed by atoms with Crippen LogP contribution in [0.5, 0.6) is 0 Å². The molecule has 0 spiro atoms. The largest absolute Gasteiger partial charge is 0.376 e. The Kier molecular flexibility index (Phi) is 5.68. The minimum atomic E-state index is -3.19. The first kappa shape index (κ1) is 17.8. The number of nitrogens with one attached hydrogen (secondary N) is 2. The first-order valence-electron chi connectivity index (χ1n) is 8.07. The molecule has 0 aliphatic heterocycles. The van der Waals surface area contributed by atoms with Gasteiger partial charge in [0.25, 0.3) is 0 Å². The van der Waals surface area contributed by atoms with Crippen LogP contribution in [0.3, 0.4) is 0 Å². The van der Waals surface area contributed by atoms with Gasteiger partial charge in [0, 0.05) is 18.0 Å². The van der Waals surface area contributed by atoms with Crippen molar-refractivity contribution in [3.63, 3.8) is 0 Å².